The van der Waals surface area contributed by atoms with Gasteiger partial charge in [0.05, 0.1) is 0 Å². The van der Waals surface area contributed by atoms with Gasteiger partial charge in [-0.1, -0.05) is 12.2 Å². The molecule has 2 rings (SSSR count). The maximum Gasteiger partial charge on any atom is 0.227 e. The van der Waals surface area contributed by atoms with Crippen LogP contribution in [-0.4, -0.2) is 17.4 Å². The summed E-state index contributed by atoms with van der Waals surface area (Å²) in [6, 6.07) is 4.39. The van der Waals surface area contributed by atoms with E-state index in [0.717, 1.165) is 6.42 Å². The molecule has 0 atom stereocenters. The van der Waals surface area contributed by atoms with Gasteiger partial charge in [-0.05, 0) is 24.6 Å². The summed E-state index contributed by atoms with van der Waals surface area (Å²) in [5.41, 5.74) is 6.25. The Morgan fingerprint density at radius 1 is 1.50 bits per heavy atom. The third kappa shape index (κ3) is 1.90. The van der Waals surface area contributed by atoms with Crippen LogP contribution in [-0.2, 0) is 4.79 Å². The summed E-state index contributed by atoms with van der Waals surface area (Å²) in [5, 5.41) is 0. The highest BCUT2D eigenvalue weighted by Crippen LogP contribution is 2.23. The monoisotopic (exact) mass is 238 g/mol. The molecule has 1 saturated heterocycles. The van der Waals surface area contributed by atoms with Crippen LogP contribution in [0.25, 0.3) is 0 Å². The fourth-order valence-electron chi connectivity index (χ4n) is 1.79. The Morgan fingerprint density at radius 2 is 2.25 bits per heavy atom. The van der Waals surface area contributed by atoms with Gasteiger partial charge in [-0.15, -0.1) is 0 Å². The second kappa shape index (κ2) is 4.17. The van der Waals surface area contributed by atoms with E-state index in [0.29, 0.717) is 18.7 Å². The summed E-state index contributed by atoms with van der Waals surface area (Å²) < 4.78 is 13.3. The molecule has 1 aromatic carbocycles. The van der Waals surface area contributed by atoms with Crippen molar-refractivity contribution >= 4 is 28.8 Å². The Kier molecular flexibility index (Phi) is 2.87. The van der Waals surface area contributed by atoms with Crippen LogP contribution < -0.4 is 10.6 Å². The van der Waals surface area contributed by atoms with Crippen molar-refractivity contribution in [2.75, 3.05) is 11.4 Å². The summed E-state index contributed by atoms with van der Waals surface area (Å²) in [7, 11) is 0. The van der Waals surface area contributed by atoms with Gasteiger partial charge in [0.2, 0.25) is 5.91 Å². The van der Waals surface area contributed by atoms with Crippen molar-refractivity contribution in [3.63, 3.8) is 0 Å². The van der Waals surface area contributed by atoms with E-state index in [1.807, 2.05) is 0 Å². The summed E-state index contributed by atoms with van der Waals surface area (Å²) in [5.74, 6) is -0.400. The fourth-order valence-corrected chi connectivity index (χ4v) is 1.95. The van der Waals surface area contributed by atoms with Crippen molar-refractivity contribution in [3.8, 4) is 0 Å². The summed E-state index contributed by atoms with van der Waals surface area (Å²) in [6.45, 7) is 0.668. The lowest BCUT2D eigenvalue weighted by atomic mass is 10.1. The molecule has 0 unspecified atom stereocenters. The quantitative estimate of drug-likeness (QED) is 0.796. The van der Waals surface area contributed by atoms with Gasteiger partial charge in [0.25, 0.3) is 0 Å². The lowest BCUT2D eigenvalue weighted by Crippen LogP contribution is -2.24. The largest absolute Gasteiger partial charge is 0.389 e. The van der Waals surface area contributed by atoms with E-state index in [4.69, 9.17) is 18.0 Å². The second-order valence-corrected chi connectivity index (χ2v) is 4.12. The van der Waals surface area contributed by atoms with E-state index in [9.17, 15) is 9.18 Å². The SMILES string of the molecule is NC(=S)c1cc(N2CCCC2=O)ccc1F. The van der Waals surface area contributed by atoms with Gasteiger partial charge in [-0.2, -0.15) is 0 Å². The van der Waals surface area contributed by atoms with E-state index < -0.39 is 5.82 Å². The number of nitrogens with zero attached hydrogens (tertiary/aromatic N) is 1. The highest BCUT2D eigenvalue weighted by atomic mass is 32.1. The number of benzene rings is 1. The zero-order chi connectivity index (χ0) is 11.7. The Balaban J connectivity index is 2.39. The summed E-state index contributed by atoms with van der Waals surface area (Å²) in [6.07, 6.45) is 1.37. The molecule has 84 valence electrons. The van der Waals surface area contributed by atoms with E-state index in [1.165, 1.54) is 12.1 Å². The molecule has 0 radical (unpaired) electrons. The number of halogens is 1. The number of nitrogens with two attached hydrogens (primary N) is 1. The molecular weight excluding hydrogens is 227 g/mol. The van der Waals surface area contributed by atoms with E-state index in [1.54, 1.807) is 11.0 Å². The van der Waals surface area contributed by atoms with Crippen molar-refractivity contribution < 1.29 is 9.18 Å². The van der Waals surface area contributed by atoms with Gasteiger partial charge in [-0.3, -0.25) is 4.79 Å². The molecule has 1 aliphatic heterocycles. The number of hydrogen-bond acceptors (Lipinski definition) is 2. The molecule has 1 aliphatic rings. The van der Waals surface area contributed by atoms with E-state index in [2.05, 4.69) is 0 Å². The number of rotatable bonds is 2. The topological polar surface area (TPSA) is 46.3 Å². The average molecular weight is 238 g/mol. The molecule has 0 spiro atoms. The zero-order valence-corrected chi connectivity index (χ0v) is 9.39. The van der Waals surface area contributed by atoms with Crippen LogP contribution in [0.3, 0.4) is 0 Å². The molecule has 1 heterocycles. The first kappa shape index (κ1) is 11.0. The zero-order valence-electron chi connectivity index (χ0n) is 8.57. The number of anilines is 1. The van der Waals surface area contributed by atoms with Crippen molar-refractivity contribution in [1.29, 1.82) is 0 Å². The summed E-state index contributed by atoms with van der Waals surface area (Å²) >= 11 is 4.75. The second-order valence-electron chi connectivity index (χ2n) is 3.68. The number of thiocarbonyl (C=S) groups is 1. The maximum absolute atomic E-state index is 13.3. The van der Waals surface area contributed by atoms with Gasteiger partial charge in [-0.25, -0.2) is 4.39 Å². The van der Waals surface area contributed by atoms with Crippen LogP contribution in [0, 0.1) is 5.82 Å². The maximum atomic E-state index is 13.3. The molecule has 0 saturated carbocycles. The Morgan fingerprint density at radius 3 is 2.81 bits per heavy atom. The molecular formula is C11H11FN2OS. The van der Waals surface area contributed by atoms with Gasteiger partial charge in [0, 0.05) is 24.2 Å². The van der Waals surface area contributed by atoms with Crippen LogP contribution in [0.15, 0.2) is 18.2 Å². The third-order valence-electron chi connectivity index (χ3n) is 2.60. The first-order chi connectivity index (χ1) is 7.59. The standard InChI is InChI=1S/C11H11FN2OS/c12-9-4-3-7(6-8(9)11(13)16)14-5-1-2-10(14)15/h3-4,6H,1-2,5H2,(H2,13,16). The van der Waals surface area contributed by atoms with Crippen LogP contribution in [0.5, 0.6) is 0 Å². The number of amides is 1. The predicted molar refractivity (Wildman–Crippen MR) is 63.9 cm³/mol. The number of hydrogen-bond donors (Lipinski definition) is 1. The fraction of sp³-hybridized carbons (Fsp3) is 0.273. The van der Waals surface area contributed by atoms with E-state index >= 15 is 0 Å². The van der Waals surface area contributed by atoms with Crippen LogP contribution in [0.2, 0.25) is 0 Å². The smallest absolute Gasteiger partial charge is 0.227 e. The van der Waals surface area contributed by atoms with Crippen molar-refractivity contribution in [1.82, 2.24) is 0 Å². The first-order valence-corrected chi connectivity index (χ1v) is 5.40. The molecule has 1 aromatic rings. The lowest BCUT2D eigenvalue weighted by molar-refractivity contribution is -0.117. The molecule has 16 heavy (non-hydrogen) atoms. The normalized spacial score (nSPS) is 15.6. The minimum absolute atomic E-state index is 0.00555. The molecule has 1 fully saturated rings. The minimum Gasteiger partial charge on any atom is -0.389 e. The van der Waals surface area contributed by atoms with Crippen molar-refractivity contribution in [2.24, 2.45) is 5.73 Å². The Labute approximate surface area is 98.0 Å². The molecule has 5 heteroatoms. The van der Waals surface area contributed by atoms with Gasteiger partial charge >= 0.3 is 0 Å². The lowest BCUT2D eigenvalue weighted by Gasteiger charge is -2.16. The Hall–Kier alpha value is -1.49. The number of carbonyl (C=O) groups is 1. The highest BCUT2D eigenvalue weighted by Gasteiger charge is 2.22. The number of carbonyl (C=O) groups excluding carboxylic acids is 1. The van der Waals surface area contributed by atoms with Gasteiger partial charge in [0.1, 0.15) is 10.8 Å². The van der Waals surface area contributed by atoms with Crippen molar-refractivity contribution in [3.05, 3.63) is 29.6 Å². The van der Waals surface area contributed by atoms with Crippen LogP contribution in [0.1, 0.15) is 18.4 Å². The molecule has 0 aliphatic carbocycles. The molecule has 3 nitrogen and oxygen atoms in total. The molecule has 1 amide bonds. The van der Waals surface area contributed by atoms with Crippen molar-refractivity contribution in [2.45, 2.75) is 12.8 Å². The highest BCUT2D eigenvalue weighted by molar-refractivity contribution is 7.80. The third-order valence-corrected chi connectivity index (χ3v) is 2.82. The van der Waals surface area contributed by atoms with E-state index in [-0.39, 0.29) is 16.5 Å². The minimum atomic E-state index is -0.456. The van der Waals surface area contributed by atoms with Gasteiger partial charge in [0.15, 0.2) is 0 Å². The molecule has 2 N–H and O–H groups in total. The van der Waals surface area contributed by atoms with Crippen LogP contribution >= 0.6 is 12.2 Å². The molecule has 0 bridgehead atoms. The Bertz CT molecular complexity index is 461. The molecule has 0 aromatic heterocycles. The summed E-state index contributed by atoms with van der Waals surface area (Å²) in [4.78, 5) is 13.1. The predicted octanol–water partition coefficient (Wildman–Crippen LogP) is 1.59. The van der Waals surface area contributed by atoms with Gasteiger partial charge < -0.3 is 10.6 Å². The average Bonchev–Trinajstić information content (AvgIpc) is 2.65. The van der Waals surface area contributed by atoms with Crippen LogP contribution in [0.4, 0.5) is 10.1 Å². The first-order valence-electron chi connectivity index (χ1n) is 4.99.